The average molecular weight is 317 g/mol. The van der Waals surface area contributed by atoms with Crippen molar-refractivity contribution in [3.8, 4) is 5.75 Å². The topological polar surface area (TPSA) is 72.8 Å². The maximum absolute atomic E-state index is 12.1. The fourth-order valence-electron chi connectivity index (χ4n) is 1.69. The highest BCUT2D eigenvalue weighted by Gasteiger charge is 2.10. The molecule has 22 heavy (non-hydrogen) atoms. The van der Waals surface area contributed by atoms with Gasteiger partial charge in [0.1, 0.15) is 5.75 Å². The first-order valence-electron chi connectivity index (χ1n) is 6.52. The van der Waals surface area contributed by atoms with Crippen molar-refractivity contribution in [2.75, 3.05) is 0 Å². The molecule has 0 aromatic heterocycles. The molecule has 114 valence electrons. The molecule has 0 spiro atoms. The molecule has 0 atom stereocenters. The summed E-state index contributed by atoms with van der Waals surface area (Å²) >= 11 is 0. The standard InChI is InChI=1S/C16H15NO4S/c1-12-3-9-16(10-4-12)22(19,20)17-11-14-5-7-15(8-6-14)21-13(2)18/h3-11H,1-2H3/b17-11-. The minimum atomic E-state index is -3.72. The molecule has 0 fully saturated rings. The highest BCUT2D eigenvalue weighted by molar-refractivity contribution is 7.90. The predicted octanol–water partition coefficient (Wildman–Crippen LogP) is 2.73. The van der Waals surface area contributed by atoms with Crippen molar-refractivity contribution < 1.29 is 17.9 Å². The number of rotatable bonds is 4. The number of ether oxygens (including phenoxy) is 1. The van der Waals surface area contributed by atoms with E-state index in [-0.39, 0.29) is 4.90 Å². The van der Waals surface area contributed by atoms with E-state index in [2.05, 4.69) is 4.40 Å². The number of benzene rings is 2. The van der Waals surface area contributed by atoms with Crippen LogP contribution in [0.5, 0.6) is 5.75 Å². The minimum absolute atomic E-state index is 0.144. The molecule has 2 aromatic rings. The third-order valence-electron chi connectivity index (χ3n) is 2.80. The van der Waals surface area contributed by atoms with E-state index in [9.17, 15) is 13.2 Å². The molecule has 0 bridgehead atoms. The van der Waals surface area contributed by atoms with Crippen LogP contribution in [0, 0.1) is 6.92 Å². The molecule has 2 rings (SSSR count). The van der Waals surface area contributed by atoms with E-state index in [1.54, 1.807) is 36.4 Å². The molecule has 0 amide bonds. The summed E-state index contributed by atoms with van der Waals surface area (Å²) in [5.74, 6) is -0.0191. The molecule has 0 unspecified atom stereocenters. The first-order valence-corrected chi connectivity index (χ1v) is 7.96. The van der Waals surface area contributed by atoms with E-state index in [0.717, 1.165) is 5.56 Å². The molecule has 6 heteroatoms. The molecular formula is C16H15NO4S. The van der Waals surface area contributed by atoms with Gasteiger partial charge in [0.25, 0.3) is 10.0 Å². The molecule has 0 aliphatic rings. The van der Waals surface area contributed by atoms with Crippen LogP contribution < -0.4 is 4.74 Å². The summed E-state index contributed by atoms with van der Waals surface area (Å²) in [5.41, 5.74) is 1.57. The highest BCUT2D eigenvalue weighted by atomic mass is 32.2. The van der Waals surface area contributed by atoms with Crippen LogP contribution in [-0.4, -0.2) is 20.6 Å². The van der Waals surface area contributed by atoms with Crippen LogP contribution in [0.4, 0.5) is 0 Å². The van der Waals surface area contributed by atoms with Crippen molar-refractivity contribution in [1.29, 1.82) is 0 Å². The molecule has 2 aromatic carbocycles. The smallest absolute Gasteiger partial charge is 0.308 e. The van der Waals surface area contributed by atoms with Crippen LogP contribution in [0.25, 0.3) is 0 Å². The fourth-order valence-corrected chi connectivity index (χ4v) is 2.55. The molecule has 0 saturated heterocycles. The predicted molar refractivity (Wildman–Crippen MR) is 83.7 cm³/mol. The highest BCUT2D eigenvalue weighted by Crippen LogP contribution is 2.14. The van der Waals surface area contributed by atoms with Crippen molar-refractivity contribution >= 4 is 22.2 Å². The maximum atomic E-state index is 12.1. The van der Waals surface area contributed by atoms with Gasteiger partial charge in [-0.25, -0.2) is 0 Å². The lowest BCUT2D eigenvalue weighted by Crippen LogP contribution is -2.01. The number of hydrogen-bond donors (Lipinski definition) is 0. The van der Waals surface area contributed by atoms with Gasteiger partial charge in [-0.1, -0.05) is 17.7 Å². The zero-order valence-electron chi connectivity index (χ0n) is 12.2. The Labute approximate surface area is 129 Å². The summed E-state index contributed by atoms with van der Waals surface area (Å²) in [4.78, 5) is 11.0. The van der Waals surface area contributed by atoms with Crippen molar-refractivity contribution in [2.24, 2.45) is 4.40 Å². The van der Waals surface area contributed by atoms with E-state index in [1.807, 2.05) is 6.92 Å². The number of nitrogens with zero attached hydrogens (tertiary/aromatic N) is 1. The van der Waals surface area contributed by atoms with Crippen molar-refractivity contribution in [1.82, 2.24) is 0 Å². The van der Waals surface area contributed by atoms with E-state index < -0.39 is 16.0 Å². The first-order chi connectivity index (χ1) is 10.4. The second kappa shape index (κ2) is 6.53. The summed E-state index contributed by atoms with van der Waals surface area (Å²) < 4.78 is 32.7. The molecule has 0 saturated carbocycles. The lowest BCUT2D eigenvalue weighted by atomic mass is 10.2. The van der Waals surface area contributed by atoms with E-state index in [1.165, 1.54) is 25.3 Å². The maximum Gasteiger partial charge on any atom is 0.308 e. The Morgan fingerprint density at radius 1 is 1.05 bits per heavy atom. The SMILES string of the molecule is CC(=O)Oc1ccc(/C=N\S(=O)(=O)c2ccc(C)cc2)cc1. The molecule has 0 radical (unpaired) electrons. The van der Waals surface area contributed by atoms with E-state index >= 15 is 0 Å². The lowest BCUT2D eigenvalue weighted by Gasteiger charge is -2.01. The Kier molecular flexibility index (Phi) is 4.72. The summed E-state index contributed by atoms with van der Waals surface area (Å²) in [6, 6.07) is 12.9. The van der Waals surface area contributed by atoms with Gasteiger partial charge in [-0.15, -0.1) is 0 Å². The Morgan fingerprint density at radius 2 is 1.64 bits per heavy atom. The van der Waals surface area contributed by atoms with Crippen molar-refractivity contribution in [2.45, 2.75) is 18.7 Å². The van der Waals surface area contributed by atoms with Crippen LogP contribution in [0.1, 0.15) is 18.1 Å². The third kappa shape index (κ3) is 4.26. The van der Waals surface area contributed by atoms with E-state index in [4.69, 9.17) is 4.74 Å². The monoisotopic (exact) mass is 317 g/mol. The first kappa shape index (κ1) is 15.9. The summed E-state index contributed by atoms with van der Waals surface area (Å²) in [5, 5.41) is 0. The molecule has 0 heterocycles. The number of sulfonamides is 1. The molecule has 0 N–H and O–H groups in total. The van der Waals surface area contributed by atoms with Gasteiger partial charge >= 0.3 is 5.97 Å². The largest absolute Gasteiger partial charge is 0.427 e. The van der Waals surface area contributed by atoms with Crippen LogP contribution in [-0.2, 0) is 14.8 Å². The molecule has 5 nitrogen and oxygen atoms in total. The Balaban J connectivity index is 2.16. The van der Waals surface area contributed by atoms with Crippen molar-refractivity contribution in [3.63, 3.8) is 0 Å². The third-order valence-corrected chi connectivity index (χ3v) is 4.05. The summed E-state index contributed by atoms with van der Waals surface area (Å²) in [7, 11) is -3.72. The number of carbonyl (C=O) groups excluding carboxylic acids is 1. The van der Waals surface area contributed by atoms with Gasteiger partial charge in [-0.2, -0.15) is 12.8 Å². The Bertz CT molecular complexity index is 791. The summed E-state index contributed by atoms with van der Waals surface area (Å²) in [6.07, 6.45) is 1.26. The van der Waals surface area contributed by atoms with E-state index in [0.29, 0.717) is 11.3 Å². The Hall–Kier alpha value is -2.47. The second-order valence-corrected chi connectivity index (χ2v) is 6.32. The normalized spacial score (nSPS) is 11.5. The minimum Gasteiger partial charge on any atom is -0.427 e. The van der Waals surface area contributed by atoms with Crippen molar-refractivity contribution in [3.05, 3.63) is 59.7 Å². The number of esters is 1. The van der Waals surface area contributed by atoms with Gasteiger partial charge in [0.05, 0.1) is 4.90 Å². The molecule has 0 aliphatic carbocycles. The zero-order chi connectivity index (χ0) is 16.2. The van der Waals surface area contributed by atoms with Gasteiger partial charge in [0.2, 0.25) is 0 Å². The number of aryl methyl sites for hydroxylation is 1. The number of carbonyl (C=O) groups is 1. The fraction of sp³-hybridized carbons (Fsp3) is 0.125. The molecular weight excluding hydrogens is 302 g/mol. The van der Waals surface area contributed by atoms with Gasteiger partial charge in [-0.05, 0) is 48.9 Å². The van der Waals surface area contributed by atoms with Crippen LogP contribution in [0.3, 0.4) is 0 Å². The van der Waals surface area contributed by atoms with Gasteiger partial charge in [0.15, 0.2) is 0 Å². The van der Waals surface area contributed by atoms with Crippen LogP contribution in [0.2, 0.25) is 0 Å². The molecule has 0 aliphatic heterocycles. The number of hydrogen-bond acceptors (Lipinski definition) is 4. The lowest BCUT2D eigenvalue weighted by molar-refractivity contribution is -0.131. The average Bonchev–Trinajstić information content (AvgIpc) is 2.46. The summed E-state index contributed by atoms with van der Waals surface area (Å²) in [6.45, 7) is 3.19. The van der Waals surface area contributed by atoms with Gasteiger partial charge < -0.3 is 4.74 Å². The quantitative estimate of drug-likeness (QED) is 0.494. The van der Waals surface area contributed by atoms with Crippen LogP contribution in [0.15, 0.2) is 57.8 Å². The second-order valence-electron chi connectivity index (χ2n) is 4.69. The Morgan fingerprint density at radius 3 is 2.18 bits per heavy atom. The van der Waals surface area contributed by atoms with Gasteiger partial charge in [-0.3, -0.25) is 4.79 Å². The van der Waals surface area contributed by atoms with Crippen LogP contribution >= 0.6 is 0 Å². The van der Waals surface area contributed by atoms with Gasteiger partial charge in [0, 0.05) is 13.1 Å². The zero-order valence-corrected chi connectivity index (χ0v) is 13.0.